The minimum absolute atomic E-state index is 0.192. The van der Waals surface area contributed by atoms with Crippen LogP contribution in [0, 0.1) is 0 Å². The van der Waals surface area contributed by atoms with Crippen molar-refractivity contribution in [3.8, 4) is 11.5 Å². The average molecular weight is 328 g/mol. The summed E-state index contributed by atoms with van der Waals surface area (Å²) in [6, 6.07) is 16.4. The van der Waals surface area contributed by atoms with E-state index in [-0.39, 0.29) is 6.04 Å². The van der Waals surface area contributed by atoms with Gasteiger partial charge in [0.2, 0.25) is 0 Å². The van der Waals surface area contributed by atoms with Gasteiger partial charge in [-0.05, 0) is 36.3 Å². The van der Waals surface area contributed by atoms with Crippen LogP contribution < -0.4 is 15.2 Å². The van der Waals surface area contributed by atoms with Gasteiger partial charge in [-0.3, -0.25) is 4.90 Å². The number of benzene rings is 2. The Morgan fingerprint density at radius 3 is 2.29 bits per heavy atom. The van der Waals surface area contributed by atoms with Crippen molar-refractivity contribution in [1.82, 2.24) is 4.90 Å². The van der Waals surface area contributed by atoms with E-state index >= 15 is 0 Å². The minimum Gasteiger partial charge on any atom is -0.493 e. The quantitative estimate of drug-likeness (QED) is 0.764. The largest absolute Gasteiger partial charge is 0.493 e. The lowest BCUT2D eigenvalue weighted by atomic mass is 10.0. The molecule has 0 heterocycles. The third-order valence-electron chi connectivity index (χ3n) is 4.29. The van der Waals surface area contributed by atoms with Gasteiger partial charge in [-0.25, -0.2) is 0 Å². The molecule has 1 unspecified atom stereocenters. The van der Waals surface area contributed by atoms with E-state index in [1.165, 1.54) is 0 Å². The van der Waals surface area contributed by atoms with Crippen molar-refractivity contribution >= 4 is 0 Å². The number of likely N-dealkylation sites (N-methyl/N-ethyl adjacent to an activating group) is 1. The van der Waals surface area contributed by atoms with Gasteiger partial charge in [0, 0.05) is 12.6 Å². The zero-order chi connectivity index (χ0) is 17.4. The monoisotopic (exact) mass is 328 g/mol. The summed E-state index contributed by atoms with van der Waals surface area (Å²) < 4.78 is 11.5. The molecule has 2 N–H and O–H groups in total. The number of ether oxygens (including phenoxy) is 2. The summed E-state index contributed by atoms with van der Waals surface area (Å²) in [7, 11) is 1.67. The molecule has 0 bridgehead atoms. The molecule has 0 aromatic heterocycles. The van der Waals surface area contributed by atoms with E-state index in [0.29, 0.717) is 13.2 Å². The van der Waals surface area contributed by atoms with E-state index in [2.05, 4.69) is 24.8 Å². The van der Waals surface area contributed by atoms with Crippen LogP contribution in [0.25, 0.3) is 0 Å². The first-order valence-electron chi connectivity index (χ1n) is 8.52. The molecule has 0 saturated heterocycles. The maximum atomic E-state index is 6.01. The number of nitrogens with zero attached hydrogens (tertiary/aromatic N) is 1. The predicted octanol–water partition coefficient (Wildman–Crippen LogP) is 3.62. The topological polar surface area (TPSA) is 47.7 Å². The predicted molar refractivity (Wildman–Crippen MR) is 98.5 cm³/mol. The Bertz CT molecular complexity index is 612. The number of methoxy groups -OCH3 is 1. The molecular formula is C20H28N2O2. The van der Waals surface area contributed by atoms with Crippen molar-refractivity contribution < 1.29 is 9.47 Å². The smallest absolute Gasteiger partial charge is 0.161 e. The fourth-order valence-electron chi connectivity index (χ4n) is 2.91. The highest BCUT2D eigenvalue weighted by molar-refractivity contribution is 5.44. The van der Waals surface area contributed by atoms with Crippen LogP contribution in [-0.2, 0) is 6.61 Å². The number of hydrogen-bond acceptors (Lipinski definition) is 4. The summed E-state index contributed by atoms with van der Waals surface area (Å²) in [5.74, 6) is 1.49. The zero-order valence-electron chi connectivity index (χ0n) is 14.9. The molecular weight excluding hydrogens is 300 g/mol. The Morgan fingerprint density at radius 1 is 1.00 bits per heavy atom. The first-order valence-corrected chi connectivity index (χ1v) is 8.52. The highest BCUT2D eigenvalue weighted by Gasteiger charge is 2.18. The van der Waals surface area contributed by atoms with Gasteiger partial charge in [-0.1, -0.05) is 50.2 Å². The summed E-state index contributed by atoms with van der Waals surface area (Å²) in [5.41, 5.74) is 8.30. The molecule has 2 aromatic rings. The molecule has 24 heavy (non-hydrogen) atoms. The van der Waals surface area contributed by atoms with Gasteiger partial charge in [-0.15, -0.1) is 0 Å². The van der Waals surface area contributed by atoms with Gasteiger partial charge in [0.15, 0.2) is 11.5 Å². The highest BCUT2D eigenvalue weighted by atomic mass is 16.5. The fourth-order valence-corrected chi connectivity index (χ4v) is 2.91. The molecule has 4 nitrogen and oxygen atoms in total. The molecule has 0 radical (unpaired) electrons. The summed E-state index contributed by atoms with van der Waals surface area (Å²) in [6.07, 6.45) is 0. The van der Waals surface area contributed by atoms with E-state index in [0.717, 1.165) is 35.7 Å². The number of hydrogen-bond donors (Lipinski definition) is 1. The molecule has 0 fully saturated rings. The van der Waals surface area contributed by atoms with Crippen LogP contribution in [0.4, 0.5) is 0 Å². The van der Waals surface area contributed by atoms with Crippen LogP contribution >= 0.6 is 0 Å². The van der Waals surface area contributed by atoms with E-state index in [9.17, 15) is 0 Å². The maximum Gasteiger partial charge on any atom is 0.161 e. The minimum atomic E-state index is 0.192. The molecule has 1 atom stereocenters. The maximum absolute atomic E-state index is 6.01. The van der Waals surface area contributed by atoms with Crippen molar-refractivity contribution in [1.29, 1.82) is 0 Å². The number of rotatable bonds is 9. The standard InChI is InChI=1S/C20H28N2O2/c1-4-22(5-2)18(14-21)17-11-12-19(20(13-17)23-3)24-15-16-9-7-6-8-10-16/h6-13,18H,4-5,14-15,21H2,1-3H3. The number of nitrogens with two attached hydrogens (primary N) is 1. The molecule has 0 saturated carbocycles. The Balaban J connectivity index is 2.17. The third-order valence-corrected chi connectivity index (χ3v) is 4.29. The van der Waals surface area contributed by atoms with E-state index in [1.54, 1.807) is 7.11 Å². The second-order valence-corrected chi connectivity index (χ2v) is 5.66. The summed E-state index contributed by atoms with van der Waals surface area (Å²) in [6.45, 7) is 7.34. The lowest BCUT2D eigenvalue weighted by Gasteiger charge is -2.29. The summed E-state index contributed by atoms with van der Waals surface area (Å²) in [5, 5.41) is 0. The average Bonchev–Trinajstić information content (AvgIpc) is 2.65. The van der Waals surface area contributed by atoms with Crippen LogP contribution in [0.3, 0.4) is 0 Å². The Hall–Kier alpha value is -2.04. The van der Waals surface area contributed by atoms with Crippen molar-refractivity contribution in [2.75, 3.05) is 26.7 Å². The second-order valence-electron chi connectivity index (χ2n) is 5.66. The first-order chi connectivity index (χ1) is 11.7. The molecule has 0 aliphatic carbocycles. The molecule has 0 amide bonds. The Morgan fingerprint density at radius 2 is 1.71 bits per heavy atom. The highest BCUT2D eigenvalue weighted by Crippen LogP contribution is 2.32. The van der Waals surface area contributed by atoms with Crippen LogP contribution in [0.5, 0.6) is 11.5 Å². The van der Waals surface area contributed by atoms with Crippen LogP contribution in [-0.4, -0.2) is 31.6 Å². The molecule has 0 aliphatic heterocycles. The lowest BCUT2D eigenvalue weighted by Crippen LogP contribution is -2.33. The van der Waals surface area contributed by atoms with Crippen LogP contribution in [0.2, 0.25) is 0 Å². The second kappa shape index (κ2) is 9.30. The van der Waals surface area contributed by atoms with Gasteiger partial charge >= 0.3 is 0 Å². The normalized spacial score (nSPS) is 12.2. The zero-order valence-corrected chi connectivity index (χ0v) is 14.9. The SMILES string of the molecule is CCN(CC)C(CN)c1ccc(OCc2ccccc2)c(OC)c1. The molecule has 2 rings (SSSR count). The summed E-state index contributed by atoms with van der Waals surface area (Å²) in [4.78, 5) is 2.35. The molecule has 0 spiro atoms. The third kappa shape index (κ3) is 4.49. The van der Waals surface area contributed by atoms with Gasteiger partial charge < -0.3 is 15.2 Å². The molecule has 130 valence electrons. The van der Waals surface area contributed by atoms with Gasteiger partial charge in [-0.2, -0.15) is 0 Å². The van der Waals surface area contributed by atoms with Gasteiger partial charge in [0.05, 0.1) is 7.11 Å². The fraction of sp³-hybridized carbons (Fsp3) is 0.400. The first kappa shape index (κ1) is 18.3. The van der Waals surface area contributed by atoms with Crippen LogP contribution in [0.15, 0.2) is 48.5 Å². The van der Waals surface area contributed by atoms with Crippen molar-refractivity contribution in [3.05, 3.63) is 59.7 Å². The van der Waals surface area contributed by atoms with Crippen molar-refractivity contribution in [3.63, 3.8) is 0 Å². The van der Waals surface area contributed by atoms with Crippen LogP contribution in [0.1, 0.15) is 31.0 Å². The van der Waals surface area contributed by atoms with Crippen molar-refractivity contribution in [2.24, 2.45) is 5.73 Å². The van der Waals surface area contributed by atoms with E-state index in [4.69, 9.17) is 15.2 Å². The Kier molecular flexibility index (Phi) is 7.09. The summed E-state index contributed by atoms with van der Waals surface area (Å²) >= 11 is 0. The molecule has 0 aliphatic rings. The van der Waals surface area contributed by atoms with Crippen molar-refractivity contribution in [2.45, 2.75) is 26.5 Å². The van der Waals surface area contributed by atoms with E-state index in [1.807, 2.05) is 42.5 Å². The Labute approximate surface area is 145 Å². The van der Waals surface area contributed by atoms with E-state index < -0.39 is 0 Å². The lowest BCUT2D eigenvalue weighted by molar-refractivity contribution is 0.223. The molecule has 4 heteroatoms. The van der Waals surface area contributed by atoms with Gasteiger partial charge in [0.25, 0.3) is 0 Å². The molecule has 2 aromatic carbocycles. The van der Waals surface area contributed by atoms with Gasteiger partial charge in [0.1, 0.15) is 6.61 Å².